The van der Waals surface area contributed by atoms with Crippen molar-refractivity contribution in [2.24, 2.45) is 0 Å². The molecule has 0 heterocycles. The summed E-state index contributed by atoms with van der Waals surface area (Å²) in [7, 11) is 0. The maximum absolute atomic E-state index is 10.6. The molecule has 1 aliphatic carbocycles. The van der Waals surface area contributed by atoms with Crippen molar-refractivity contribution in [1.29, 1.82) is 0 Å². The molecule has 3 nitrogen and oxygen atoms in total. The van der Waals surface area contributed by atoms with Crippen molar-refractivity contribution in [2.45, 2.75) is 31.7 Å². The Morgan fingerprint density at radius 2 is 1.67 bits per heavy atom. The van der Waals surface area contributed by atoms with E-state index in [9.17, 15) is 4.79 Å². The third-order valence-electron chi connectivity index (χ3n) is 3.70. The van der Waals surface area contributed by atoms with Crippen molar-refractivity contribution in [3.05, 3.63) is 65.7 Å². The zero-order valence-electron chi connectivity index (χ0n) is 11.8. The zero-order valence-corrected chi connectivity index (χ0v) is 11.8. The van der Waals surface area contributed by atoms with E-state index in [0.717, 1.165) is 24.9 Å². The molecule has 0 bridgehead atoms. The van der Waals surface area contributed by atoms with Crippen molar-refractivity contribution in [3.63, 3.8) is 0 Å². The van der Waals surface area contributed by atoms with Gasteiger partial charge in [-0.15, -0.1) is 0 Å². The molecule has 0 aliphatic heterocycles. The molecular formula is C18H18O3. The van der Waals surface area contributed by atoms with Gasteiger partial charge in [-0.25, -0.2) is 0 Å². The number of hydrogen-bond donors (Lipinski definition) is 0. The fourth-order valence-corrected chi connectivity index (χ4v) is 2.36. The molecule has 0 aromatic heterocycles. The minimum atomic E-state index is 0.216. The fourth-order valence-electron chi connectivity index (χ4n) is 2.36. The summed E-state index contributed by atoms with van der Waals surface area (Å²) in [6.45, 7) is 0.659. The number of carbonyl (C=O) groups excluding carboxylic acids is 1. The summed E-state index contributed by atoms with van der Waals surface area (Å²) in [6, 6.07) is 17.4. The van der Waals surface area contributed by atoms with Crippen LogP contribution in [0.4, 0.5) is 0 Å². The molecule has 21 heavy (non-hydrogen) atoms. The van der Waals surface area contributed by atoms with Crippen molar-refractivity contribution in [3.8, 4) is 5.75 Å². The summed E-state index contributed by atoms with van der Waals surface area (Å²) in [6.07, 6.45) is 3.17. The van der Waals surface area contributed by atoms with Crippen LogP contribution in [-0.4, -0.2) is 18.5 Å². The highest BCUT2D eigenvalue weighted by atomic mass is 16.5. The molecule has 0 radical (unpaired) electrons. The molecular weight excluding hydrogens is 264 g/mol. The quantitative estimate of drug-likeness (QED) is 0.759. The molecule has 0 amide bonds. The molecule has 0 saturated heterocycles. The van der Waals surface area contributed by atoms with E-state index >= 15 is 0 Å². The van der Waals surface area contributed by atoms with E-state index in [1.807, 2.05) is 30.3 Å². The van der Waals surface area contributed by atoms with Crippen LogP contribution in [0.25, 0.3) is 0 Å². The first-order chi connectivity index (χ1) is 10.3. The molecule has 0 N–H and O–H groups in total. The van der Waals surface area contributed by atoms with Crippen LogP contribution in [0.15, 0.2) is 54.6 Å². The largest absolute Gasteiger partial charge is 0.490 e. The van der Waals surface area contributed by atoms with Crippen LogP contribution in [0.1, 0.15) is 28.8 Å². The summed E-state index contributed by atoms with van der Waals surface area (Å²) in [5.41, 5.74) is 1.87. The predicted octanol–water partition coefficient (Wildman–Crippen LogP) is 3.63. The number of aldehydes is 1. The molecule has 2 aromatic carbocycles. The number of rotatable bonds is 6. The lowest BCUT2D eigenvalue weighted by Crippen LogP contribution is -2.39. The average molecular weight is 282 g/mol. The summed E-state index contributed by atoms with van der Waals surface area (Å²) in [5, 5.41) is 0. The van der Waals surface area contributed by atoms with Gasteiger partial charge in [-0.05, 0) is 29.8 Å². The summed E-state index contributed by atoms with van der Waals surface area (Å²) in [4.78, 5) is 10.6. The second-order valence-corrected chi connectivity index (χ2v) is 5.32. The van der Waals surface area contributed by atoms with Crippen molar-refractivity contribution >= 4 is 6.29 Å². The Bertz CT molecular complexity index is 571. The standard InChI is InChI=1S/C18H18O3/c19-12-14-6-8-16(9-7-14)21-18-10-17(11-18)20-13-15-4-2-1-3-5-15/h1-9,12,17-18H,10-11,13H2. The van der Waals surface area contributed by atoms with Crippen LogP contribution in [0.3, 0.4) is 0 Å². The van der Waals surface area contributed by atoms with Gasteiger partial charge < -0.3 is 9.47 Å². The lowest BCUT2D eigenvalue weighted by atomic mass is 9.92. The van der Waals surface area contributed by atoms with Crippen LogP contribution in [0, 0.1) is 0 Å². The Balaban J connectivity index is 1.40. The van der Waals surface area contributed by atoms with Gasteiger partial charge in [0, 0.05) is 18.4 Å². The summed E-state index contributed by atoms with van der Waals surface area (Å²) in [5.74, 6) is 0.812. The maximum Gasteiger partial charge on any atom is 0.150 e. The van der Waals surface area contributed by atoms with Gasteiger partial charge in [0.2, 0.25) is 0 Å². The van der Waals surface area contributed by atoms with Gasteiger partial charge >= 0.3 is 0 Å². The zero-order chi connectivity index (χ0) is 14.5. The van der Waals surface area contributed by atoms with Gasteiger partial charge in [-0.1, -0.05) is 30.3 Å². The van der Waals surface area contributed by atoms with Crippen LogP contribution in [0.5, 0.6) is 5.75 Å². The second kappa shape index (κ2) is 6.55. The van der Waals surface area contributed by atoms with E-state index in [-0.39, 0.29) is 12.2 Å². The van der Waals surface area contributed by atoms with Crippen molar-refractivity contribution in [1.82, 2.24) is 0 Å². The third kappa shape index (κ3) is 3.70. The van der Waals surface area contributed by atoms with Gasteiger partial charge in [0.15, 0.2) is 0 Å². The van der Waals surface area contributed by atoms with E-state index in [4.69, 9.17) is 9.47 Å². The summed E-state index contributed by atoms with van der Waals surface area (Å²) >= 11 is 0. The highest BCUT2D eigenvalue weighted by molar-refractivity contribution is 5.74. The topological polar surface area (TPSA) is 35.5 Å². The van der Waals surface area contributed by atoms with Crippen molar-refractivity contribution in [2.75, 3.05) is 0 Å². The molecule has 1 fully saturated rings. The SMILES string of the molecule is O=Cc1ccc(OC2CC(OCc3ccccc3)C2)cc1. The molecule has 1 aliphatic rings. The first kappa shape index (κ1) is 13.8. The average Bonchev–Trinajstić information content (AvgIpc) is 2.51. The van der Waals surface area contributed by atoms with Gasteiger partial charge in [0.25, 0.3) is 0 Å². The van der Waals surface area contributed by atoms with Gasteiger partial charge in [-0.3, -0.25) is 4.79 Å². The fraction of sp³-hybridized carbons (Fsp3) is 0.278. The molecule has 0 spiro atoms. The third-order valence-corrected chi connectivity index (χ3v) is 3.70. The van der Waals surface area contributed by atoms with Gasteiger partial charge in [-0.2, -0.15) is 0 Å². The number of carbonyl (C=O) groups is 1. The summed E-state index contributed by atoms with van der Waals surface area (Å²) < 4.78 is 11.7. The molecule has 0 unspecified atom stereocenters. The monoisotopic (exact) mass is 282 g/mol. The predicted molar refractivity (Wildman–Crippen MR) is 80.5 cm³/mol. The van der Waals surface area contributed by atoms with E-state index in [0.29, 0.717) is 12.2 Å². The highest BCUT2D eigenvalue weighted by Crippen LogP contribution is 2.29. The number of hydrogen-bond acceptors (Lipinski definition) is 3. The van der Waals surface area contributed by atoms with E-state index < -0.39 is 0 Å². The van der Waals surface area contributed by atoms with Crippen LogP contribution >= 0.6 is 0 Å². The lowest BCUT2D eigenvalue weighted by Gasteiger charge is -2.35. The Morgan fingerprint density at radius 1 is 0.952 bits per heavy atom. The smallest absolute Gasteiger partial charge is 0.150 e. The molecule has 3 rings (SSSR count). The van der Waals surface area contributed by atoms with E-state index in [1.54, 1.807) is 12.1 Å². The van der Waals surface area contributed by atoms with Crippen LogP contribution in [0.2, 0.25) is 0 Å². The first-order valence-corrected chi connectivity index (χ1v) is 7.21. The minimum Gasteiger partial charge on any atom is -0.490 e. The Labute approximate surface area is 124 Å². The Hall–Kier alpha value is -2.13. The Morgan fingerprint density at radius 3 is 2.33 bits per heavy atom. The van der Waals surface area contributed by atoms with Gasteiger partial charge in [0.1, 0.15) is 18.1 Å². The van der Waals surface area contributed by atoms with Crippen molar-refractivity contribution < 1.29 is 14.3 Å². The molecule has 1 saturated carbocycles. The van der Waals surface area contributed by atoms with Crippen LogP contribution < -0.4 is 4.74 Å². The first-order valence-electron chi connectivity index (χ1n) is 7.21. The number of ether oxygens (including phenoxy) is 2. The molecule has 0 atom stereocenters. The number of benzene rings is 2. The normalized spacial score (nSPS) is 20.6. The second-order valence-electron chi connectivity index (χ2n) is 5.32. The highest BCUT2D eigenvalue weighted by Gasteiger charge is 2.31. The van der Waals surface area contributed by atoms with E-state index in [2.05, 4.69) is 12.1 Å². The lowest BCUT2D eigenvalue weighted by molar-refractivity contribution is -0.0683. The minimum absolute atomic E-state index is 0.216. The molecule has 3 heteroatoms. The molecule has 2 aromatic rings. The van der Waals surface area contributed by atoms with Crippen LogP contribution in [-0.2, 0) is 11.3 Å². The van der Waals surface area contributed by atoms with E-state index in [1.165, 1.54) is 5.56 Å². The maximum atomic E-state index is 10.6. The Kier molecular flexibility index (Phi) is 4.31. The molecule has 108 valence electrons. The van der Waals surface area contributed by atoms with Gasteiger partial charge in [0.05, 0.1) is 12.7 Å².